The average Bonchev–Trinajstić information content (AvgIpc) is 3.51. The highest BCUT2D eigenvalue weighted by Crippen LogP contribution is 2.34. The molecule has 0 spiro atoms. The van der Waals surface area contributed by atoms with Crippen molar-refractivity contribution in [3.63, 3.8) is 0 Å². The lowest BCUT2D eigenvalue weighted by Gasteiger charge is -2.25. The molecule has 3 atom stereocenters. The first kappa shape index (κ1) is 28.4. The Kier molecular flexibility index (Phi) is 8.98. The zero-order valence-corrected chi connectivity index (χ0v) is 24.1. The predicted octanol–water partition coefficient (Wildman–Crippen LogP) is 5.47. The van der Waals surface area contributed by atoms with Gasteiger partial charge < -0.3 is 30.7 Å². The van der Waals surface area contributed by atoms with Gasteiger partial charge in [0.15, 0.2) is 12.2 Å². The number of hydrogen-bond donors (Lipinski definition) is 4. The molecule has 0 aliphatic carbocycles. The maximum absolute atomic E-state index is 11.7. The molecule has 3 aromatic carbocycles. The standard InChI is InChI=1S/C17H18N2O2.C15H16N2O2S/c1-12-17(20)19-15-9-14(7-8-16(15)21-12)11-18-10-13-5-3-2-4-6-13;1-9-15(18)17-12-7-10(3-4-13(12)19-9)14(16-2)11-5-6-20-8-11/h2-9,12,18H,10-11H2,1H3,(H,19,20);3-9,14,16H,1-2H3,(H,17,18). The Hall–Kier alpha value is -4.18. The van der Waals surface area contributed by atoms with Crippen LogP contribution in [0.5, 0.6) is 11.5 Å². The SMILES string of the molecule is CC1Oc2ccc(CNCc3ccccc3)cc2NC1=O.CNC(c1ccsc1)c1ccc2c(c1)NC(=O)C(C)O2. The number of benzene rings is 3. The van der Waals surface area contributed by atoms with Crippen LogP contribution in [-0.2, 0) is 22.7 Å². The molecule has 2 aliphatic rings. The number of anilines is 2. The second-order valence-corrected chi connectivity index (χ2v) is 10.7. The number of fused-ring (bicyclic) bond motifs is 2. The molecule has 1 aromatic heterocycles. The maximum Gasteiger partial charge on any atom is 0.265 e. The Balaban J connectivity index is 0.000000165. The number of thiophene rings is 1. The molecule has 212 valence electrons. The van der Waals surface area contributed by atoms with Gasteiger partial charge in [0.25, 0.3) is 11.8 Å². The molecule has 8 nitrogen and oxygen atoms in total. The molecule has 6 rings (SSSR count). The number of amides is 2. The van der Waals surface area contributed by atoms with Crippen molar-refractivity contribution in [2.75, 3.05) is 17.7 Å². The van der Waals surface area contributed by atoms with Gasteiger partial charge in [-0.1, -0.05) is 42.5 Å². The van der Waals surface area contributed by atoms with E-state index in [0.29, 0.717) is 0 Å². The van der Waals surface area contributed by atoms with Gasteiger partial charge in [-0.3, -0.25) is 9.59 Å². The molecule has 0 bridgehead atoms. The van der Waals surface area contributed by atoms with Crippen molar-refractivity contribution in [1.82, 2.24) is 10.6 Å². The van der Waals surface area contributed by atoms with Crippen molar-refractivity contribution in [2.24, 2.45) is 0 Å². The summed E-state index contributed by atoms with van der Waals surface area (Å²) in [6, 6.07) is 24.3. The molecule has 2 amide bonds. The van der Waals surface area contributed by atoms with Crippen molar-refractivity contribution in [3.05, 3.63) is 106 Å². The van der Waals surface area contributed by atoms with Crippen LogP contribution >= 0.6 is 11.3 Å². The molecule has 2 aliphatic heterocycles. The van der Waals surface area contributed by atoms with Crippen LogP contribution < -0.4 is 30.7 Å². The van der Waals surface area contributed by atoms with Gasteiger partial charge in [-0.25, -0.2) is 0 Å². The van der Waals surface area contributed by atoms with Gasteiger partial charge in [-0.2, -0.15) is 11.3 Å². The smallest absolute Gasteiger partial charge is 0.265 e. The fourth-order valence-electron chi connectivity index (χ4n) is 4.68. The first-order valence-electron chi connectivity index (χ1n) is 13.6. The fraction of sp³-hybridized carbons (Fsp3) is 0.250. The van der Waals surface area contributed by atoms with E-state index in [1.54, 1.807) is 25.2 Å². The predicted molar refractivity (Wildman–Crippen MR) is 163 cm³/mol. The fourth-order valence-corrected chi connectivity index (χ4v) is 5.37. The zero-order chi connectivity index (χ0) is 28.8. The second-order valence-electron chi connectivity index (χ2n) is 9.95. The third-order valence-corrected chi connectivity index (χ3v) is 7.61. The van der Waals surface area contributed by atoms with Gasteiger partial charge in [-0.05, 0) is 84.2 Å². The van der Waals surface area contributed by atoms with E-state index in [4.69, 9.17) is 9.47 Å². The van der Waals surface area contributed by atoms with Gasteiger partial charge >= 0.3 is 0 Å². The Morgan fingerprint density at radius 2 is 1.41 bits per heavy atom. The Bertz CT molecular complexity index is 1490. The number of carbonyl (C=O) groups is 2. The van der Waals surface area contributed by atoms with E-state index in [-0.39, 0.29) is 17.9 Å². The summed E-state index contributed by atoms with van der Waals surface area (Å²) in [5.74, 6) is 1.25. The topological polar surface area (TPSA) is 101 Å². The van der Waals surface area contributed by atoms with Crippen molar-refractivity contribution in [2.45, 2.75) is 45.2 Å². The molecule has 0 radical (unpaired) electrons. The van der Waals surface area contributed by atoms with E-state index in [2.05, 4.69) is 50.2 Å². The molecule has 3 unspecified atom stereocenters. The summed E-state index contributed by atoms with van der Waals surface area (Å²) in [5, 5.41) is 16.6. The van der Waals surface area contributed by atoms with E-state index in [1.165, 1.54) is 11.1 Å². The number of hydrogen-bond acceptors (Lipinski definition) is 7. The lowest BCUT2D eigenvalue weighted by molar-refractivity contribution is -0.123. The van der Waals surface area contributed by atoms with Crippen LogP contribution in [0.25, 0.3) is 0 Å². The van der Waals surface area contributed by atoms with Gasteiger partial charge in [0.1, 0.15) is 11.5 Å². The van der Waals surface area contributed by atoms with Gasteiger partial charge in [0, 0.05) is 13.1 Å². The largest absolute Gasteiger partial charge is 0.479 e. The molecule has 3 heterocycles. The first-order valence-corrected chi connectivity index (χ1v) is 14.5. The summed E-state index contributed by atoms with van der Waals surface area (Å²) in [7, 11) is 1.93. The van der Waals surface area contributed by atoms with E-state index in [1.807, 2.05) is 61.6 Å². The number of nitrogens with one attached hydrogen (secondary N) is 4. The molecule has 4 N–H and O–H groups in total. The minimum Gasteiger partial charge on any atom is -0.479 e. The highest BCUT2D eigenvalue weighted by molar-refractivity contribution is 7.08. The monoisotopic (exact) mass is 570 g/mol. The van der Waals surface area contributed by atoms with Crippen molar-refractivity contribution in [1.29, 1.82) is 0 Å². The van der Waals surface area contributed by atoms with E-state index >= 15 is 0 Å². The Morgan fingerprint density at radius 1 is 0.780 bits per heavy atom. The number of ether oxygens (including phenoxy) is 2. The zero-order valence-electron chi connectivity index (χ0n) is 23.3. The summed E-state index contributed by atoms with van der Waals surface area (Å²) in [4.78, 5) is 23.3. The van der Waals surface area contributed by atoms with E-state index in [9.17, 15) is 9.59 Å². The van der Waals surface area contributed by atoms with Crippen molar-refractivity contribution in [3.8, 4) is 11.5 Å². The third-order valence-electron chi connectivity index (χ3n) is 6.91. The molecular weight excluding hydrogens is 536 g/mol. The first-order chi connectivity index (χ1) is 19.9. The van der Waals surface area contributed by atoms with Crippen LogP contribution in [0, 0.1) is 0 Å². The minimum atomic E-state index is -0.440. The number of carbonyl (C=O) groups excluding carboxylic acids is 2. The summed E-state index contributed by atoms with van der Waals surface area (Å²) < 4.78 is 11.1. The van der Waals surface area contributed by atoms with Crippen LogP contribution in [0.2, 0.25) is 0 Å². The van der Waals surface area contributed by atoms with Crippen LogP contribution in [0.3, 0.4) is 0 Å². The molecule has 9 heteroatoms. The lowest BCUT2D eigenvalue weighted by Crippen LogP contribution is -2.34. The van der Waals surface area contributed by atoms with Crippen LogP contribution in [-0.4, -0.2) is 31.1 Å². The lowest BCUT2D eigenvalue weighted by atomic mass is 10.00. The highest BCUT2D eigenvalue weighted by atomic mass is 32.1. The van der Waals surface area contributed by atoms with E-state index in [0.717, 1.165) is 47.1 Å². The normalized spacial score (nSPS) is 17.8. The molecular formula is C32H34N4O4S. The van der Waals surface area contributed by atoms with Crippen LogP contribution in [0.15, 0.2) is 83.6 Å². The summed E-state index contributed by atoms with van der Waals surface area (Å²) >= 11 is 1.67. The molecule has 0 saturated heterocycles. The van der Waals surface area contributed by atoms with Gasteiger partial charge in [0.05, 0.1) is 17.4 Å². The minimum absolute atomic E-state index is 0.100. The van der Waals surface area contributed by atoms with Gasteiger partial charge in [0.2, 0.25) is 0 Å². The summed E-state index contributed by atoms with van der Waals surface area (Å²) in [6.45, 7) is 5.05. The van der Waals surface area contributed by atoms with Gasteiger partial charge in [-0.15, -0.1) is 0 Å². The molecule has 0 saturated carbocycles. The molecule has 4 aromatic rings. The summed E-state index contributed by atoms with van der Waals surface area (Å²) in [6.07, 6.45) is -0.870. The van der Waals surface area contributed by atoms with E-state index < -0.39 is 12.2 Å². The van der Waals surface area contributed by atoms with Crippen LogP contribution in [0.1, 0.15) is 42.1 Å². The molecule has 0 fully saturated rings. The number of rotatable bonds is 7. The van der Waals surface area contributed by atoms with Crippen LogP contribution in [0.4, 0.5) is 11.4 Å². The molecule has 41 heavy (non-hydrogen) atoms. The van der Waals surface area contributed by atoms with Crippen molar-refractivity contribution < 1.29 is 19.1 Å². The third kappa shape index (κ3) is 6.94. The summed E-state index contributed by atoms with van der Waals surface area (Å²) in [5.41, 5.74) is 6.17. The maximum atomic E-state index is 11.7. The van der Waals surface area contributed by atoms with Crippen molar-refractivity contribution >= 4 is 34.5 Å². The second kappa shape index (κ2) is 13.0. The average molecular weight is 571 g/mol. The Morgan fingerprint density at radius 3 is 2.05 bits per heavy atom. The Labute approximate surface area is 244 Å². The quantitative estimate of drug-likeness (QED) is 0.235. The highest BCUT2D eigenvalue weighted by Gasteiger charge is 2.25.